The van der Waals surface area contributed by atoms with E-state index >= 15 is 0 Å². The molecule has 12 rings (SSSR count). The molecule has 278 valence electrons. The Kier molecular flexibility index (Phi) is 7.68. The second-order valence-electron chi connectivity index (χ2n) is 15.4. The number of fused-ring (bicyclic) bond motifs is 10. The third-order valence-electron chi connectivity index (χ3n) is 11.9. The Hall–Kier alpha value is -6.98. The summed E-state index contributed by atoms with van der Waals surface area (Å²) in [6.07, 6.45) is 4.07. The third kappa shape index (κ3) is 5.67. The van der Waals surface area contributed by atoms with Crippen molar-refractivity contribution in [1.29, 1.82) is 0 Å². The van der Waals surface area contributed by atoms with E-state index in [2.05, 4.69) is 159 Å². The standard InChI is InChI=1S/C55H34O2S2/c1-32(34-9-5-3-6-10-34)13-19-48-33(2)41-25-37(15-20-49(41)56-48)39-17-23-52-44(28-39)46-30-47-45-29-40(18-24-53(45)59-55(47)31-54(46)58-52)38-16-22-51-43(27-38)42-26-36(14-21-50(42)57-51)35-11-7-4-8-12-35/h3-31H,1H2,2H3/b19-13-. The number of thiophene rings is 2. The Morgan fingerprint density at radius 1 is 0.424 bits per heavy atom. The highest BCUT2D eigenvalue weighted by Gasteiger charge is 2.16. The van der Waals surface area contributed by atoms with Gasteiger partial charge in [-0.25, -0.2) is 0 Å². The zero-order valence-corrected chi connectivity index (χ0v) is 33.7. The SMILES string of the molecule is C=C(/C=C\c1oc2ccc(-c3ccc4sc5cc6sc7ccc(-c8ccc9oc%10ccc(-c%11ccccc%11)cc%10c9c8)cc7c6cc5c4c3)cc2c1C)c1ccccc1. The van der Waals surface area contributed by atoms with E-state index in [1.165, 1.54) is 73.7 Å². The van der Waals surface area contributed by atoms with E-state index in [0.29, 0.717) is 0 Å². The maximum absolute atomic E-state index is 6.32. The highest BCUT2D eigenvalue weighted by atomic mass is 32.1. The van der Waals surface area contributed by atoms with Crippen LogP contribution in [0.25, 0.3) is 118 Å². The molecule has 12 aromatic rings. The fraction of sp³-hybridized carbons (Fsp3) is 0.0182. The molecule has 4 heterocycles. The normalized spacial score (nSPS) is 12.2. The molecule has 0 saturated carbocycles. The van der Waals surface area contributed by atoms with E-state index in [1.807, 2.05) is 53.0 Å². The molecule has 0 aliphatic carbocycles. The number of aryl methyl sites for hydroxylation is 1. The number of allylic oxidation sites excluding steroid dienone is 2. The first-order valence-corrected chi connectivity index (χ1v) is 21.4. The molecule has 0 spiro atoms. The van der Waals surface area contributed by atoms with Crippen molar-refractivity contribution in [2.75, 3.05) is 0 Å². The zero-order valence-electron chi connectivity index (χ0n) is 32.1. The lowest BCUT2D eigenvalue weighted by Gasteiger charge is -2.04. The summed E-state index contributed by atoms with van der Waals surface area (Å²) >= 11 is 3.75. The van der Waals surface area contributed by atoms with E-state index < -0.39 is 0 Å². The number of hydrogen-bond acceptors (Lipinski definition) is 4. The van der Waals surface area contributed by atoms with Gasteiger partial charge in [0.15, 0.2) is 0 Å². The maximum Gasteiger partial charge on any atom is 0.135 e. The number of benzene rings is 8. The van der Waals surface area contributed by atoms with Gasteiger partial charge in [0.2, 0.25) is 0 Å². The quantitative estimate of drug-likeness (QED) is 0.157. The van der Waals surface area contributed by atoms with Crippen LogP contribution in [0.15, 0.2) is 185 Å². The van der Waals surface area contributed by atoms with Gasteiger partial charge in [0.25, 0.3) is 0 Å². The highest BCUT2D eigenvalue weighted by Crippen LogP contribution is 2.44. The molecule has 8 aromatic carbocycles. The molecular weight excluding hydrogens is 757 g/mol. The minimum atomic E-state index is 0.858. The van der Waals surface area contributed by atoms with Crippen LogP contribution in [-0.2, 0) is 0 Å². The first kappa shape index (κ1) is 34.1. The zero-order chi connectivity index (χ0) is 39.2. The van der Waals surface area contributed by atoms with Crippen molar-refractivity contribution < 1.29 is 8.83 Å². The average molecular weight is 791 g/mol. The lowest BCUT2D eigenvalue weighted by molar-refractivity contribution is 0.601. The van der Waals surface area contributed by atoms with Crippen molar-refractivity contribution in [2.24, 2.45) is 0 Å². The van der Waals surface area contributed by atoms with Gasteiger partial charge in [0, 0.05) is 62.1 Å². The lowest BCUT2D eigenvalue weighted by atomic mass is 9.98. The minimum absolute atomic E-state index is 0.858. The van der Waals surface area contributed by atoms with Crippen LogP contribution in [0.1, 0.15) is 16.9 Å². The molecule has 2 nitrogen and oxygen atoms in total. The van der Waals surface area contributed by atoms with Crippen molar-refractivity contribution in [3.63, 3.8) is 0 Å². The largest absolute Gasteiger partial charge is 0.456 e. The van der Waals surface area contributed by atoms with Crippen molar-refractivity contribution in [2.45, 2.75) is 6.92 Å². The van der Waals surface area contributed by atoms with Crippen LogP contribution in [0.2, 0.25) is 0 Å². The minimum Gasteiger partial charge on any atom is -0.456 e. The molecule has 0 bridgehead atoms. The molecule has 0 aliphatic rings. The summed E-state index contributed by atoms with van der Waals surface area (Å²) < 4.78 is 17.9. The number of furan rings is 2. The smallest absolute Gasteiger partial charge is 0.135 e. The Morgan fingerprint density at radius 3 is 1.46 bits per heavy atom. The second kappa shape index (κ2) is 13.3. The first-order valence-electron chi connectivity index (χ1n) is 19.8. The molecule has 4 aromatic heterocycles. The number of hydrogen-bond donors (Lipinski definition) is 0. The first-order chi connectivity index (χ1) is 29.0. The van der Waals surface area contributed by atoms with E-state index in [-0.39, 0.29) is 0 Å². The van der Waals surface area contributed by atoms with Gasteiger partial charge in [-0.3, -0.25) is 0 Å². The van der Waals surface area contributed by atoms with E-state index in [4.69, 9.17) is 8.83 Å². The van der Waals surface area contributed by atoms with E-state index in [1.54, 1.807) is 0 Å². The molecule has 0 unspecified atom stereocenters. The van der Waals surface area contributed by atoms with E-state index in [0.717, 1.165) is 55.4 Å². The van der Waals surface area contributed by atoms with Crippen LogP contribution in [0, 0.1) is 6.92 Å². The summed E-state index contributed by atoms with van der Waals surface area (Å²) in [7, 11) is 0. The topological polar surface area (TPSA) is 26.3 Å². The lowest BCUT2D eigenvalue weighted by Crippen LogP contribution is -1.80. The van der Waals surface area contributed by atoms with Gasteiger partial charge in [0.05, 0.1) is 0 Å². The van der Waals surface area contributed by atoms with E-state index in [9.17, 15) is 0 Å². The Bertz CT molecular complexity index is 3690. The van der Waals surface area contributed by atoms with Crippen LogP contribution in [0.5, 0.6) is 0 Å². The van der Waals surface area contributed by atoms with Crippen LogP contribution in [0.4, 0.5) is 0 Å². The van der Waals surface area contributed by atoms with Gasteiger partial charge >= 0.3 is 0 Å². The number of rotatable bonds is 6. The summed E-state index contributed by atoms with van der Waals surface area (Å²) in [6, 6.07) is 59.1. The third-order valence-corrected chi connectivity index (χ3v) is 14.1. The molecule has 4 heteroatoms. The van der Waals surface area contributed by atoms with Crippen LogP contribution in [-0.4, -0.2) is 0 Å². The molecule has 0 amide bonds. The monoisotopic (exact) mass is 790 g/mol. The molecule has 0 aliphatic heterocycles. The van der Waals surface area contributed by atoms with Crippen LogP contribution in [0.3, 0.4) is 0 Å². The van der Waals surface area contributed by atoms with Gasteiger partial charge in [-0.05, 0) is 130 Å². The van der Waals surface area contributed by atoms with Crippen molar-refractivity contribution in [3.05, 3.63) is 193 Å². The molecule has 0 fully saturated rings. The summed E-state index contributed by atoms with van der Waals surface area (Å²) in [6.45, 7) is 6.40. The Balaban J connectivity index is 0.914. The Labute approximate surface area is 348 Å². The fourth-order valence-electron chi connectivity index (χ4n) is 8.68. The predicted octanol–water partition coefficient (Wildman–Crippen LogP) is 17.1. The molecule has 59 heavy (non-hydrogen) atoms. The molecule has 0 radical (unpaired) electrons. The summed E-state index contributed by atoms with van der Waals surface area (Å²) in [5.74, 6) is 0.858. The van der Waals surface area contributed by atoms with Crippen molar-refractivity contribution in [3.8, 4) is 33.4 Å². The summed E-state index contributed by atoms with van der Waals surface area (Å²) in [5, 5.41) is 8.59. The highest BCUT2D eigenvalue weighted by molar-refractivity contribution is 7.28. The predicted molar refractivity (Wildman–Crippen MR) is 255 cm³/mol. The Morgan fingerprint density at radius 2 is 0.881 bits per heavy atom. The van der Waals surface area contributed by atoms with Gasteiger partial charge in [-0.1, -0.05) is 104 Å². The van der Waals surface area contributed by atoms with Crippen LogP contribution < -0.4 is 0 Å². The van der Waals surface area contributed by atoms with Crippen molar-refractivity contribution in [1.82, 2.24) is 0 Å². The van der Waals surface area contributed by atoms with Gasteiger partial charge in [-0.2, -0.15) is 0 Å². The molecular formula is C55H34O2S2. The average Bonchev–Trinajstić information content (AvgIpc) is 4.03. The molecule has 0 N–H and O–H groups in total. The second-order valence-corrected chi connectivity index (χ2v) is 17.6. The molecule has 0 atom stereocenters. The van der Waals surface area contributed by atoms with Crippen molar-refractivity contribution >= 4 is 108 Å². The van der Waals surface area contributed by atoms with Gasteiger partial charge < -0.3 is 8.83 Å². The maximum atomic E-state index is 6.32. The van der Waals surface area contributed by atoms with Crippen LogP contribution >= 0.6 is 22.7 Å². The van der Waals surface area contributed by atoms with Gasteiger partial charge in [0.1, 0.15) is 22.5 Å². The molecule has 0 saturated heterocycles. The summed E-state index contributed by atoms with van der Waals surface area (Å²) in [5.41, 5.74) is 13.0. The van der Waals surface area contributed by atoms with Gasteiger partial charge in [-0.15, -0.1) is 22.7 Å². The fourth-order valence-corrected chi connectivity index (χ4v) is 11.0. The summed E-state index contributed by atoms with van der Waals surface area (Å²) in [4.78, 5) is 0.